The van der Waals surface area contributed by atoms with E-state index in [2.05, 4.69) is 5.32 Å². The molecule has 1 atom stereocenters. The molecule has 2 amide bonds. The van der Waals surface area contributed by atoms with Gasteiger partial charge in [-0.1, -0.05) is 30.3 Å². The first-order valence-electron chi connectivity index (χ1n) is 11.7. The van der Waals surface area contributed by atoms with Gasteiger partial charge in [-0.15, -0.1) is 0 Å². The number of amides is 2. The number of nitrogens with zero attached hydrogens (tertiary/aromatic N) is 2. The van der Waals surface area contributed by atoms with Gasteiger partial charge in [0.05, 0.1) is 11.4 Å². The third kappa shape index (κ3) is 6.66. The van der Waals surface area contributed by atoms with Gasteiger partial charge in [0.1, 0.15) is 12.6 Å². The quantitative estimate of drug-likeness (QED) is 0.505. The molecule has 10 heteroatoms. The summed E-state index contributed by atoms with van der Waals surface area (Å²) in [6, 6.07) is 13.5. The second kappa shape index (κ2) is 11.4. The molecule has 1 heterocycles. The normalized spacial score (nSPS) is 13.4. The SMILES string of the molecule is CCS(=O)(=O)N(CC(=O)N(CCc1ccccc1)[C@@H](C)C(=O)NC(C)C)c1ccc2c(c1)OCO2. The molecule has 0 saturated heterocycles. The van der Waals surface area contributed by atoms with Crippen LogP contribution in [0.25, 0.3) is 0 Å². The van der Waals surface area contributed by atoms with E-state index in [1.54, 1.807) is 25.1 Å². The van der Waals surface area contributed by atoms with E-state index in [0.717, 1.165) is 9.87 Å². The van der Waals surface area contributed by atoms with Gasteiger partial charge in [0, 0.05) is 18.7 Å². The molecule has 1 aliphatic heterocycles. The van der Waals surface area contributed by atoms with Crippen LogP contribution in [-0.4, -0.2) is 62.9 Å². The Labute approximate surface area is 207 Å². The van der Waals surface area contributed by atoms with Gasteiger partial charge in [0.15, 0.2) is 11.5 Å². The average molecular weight is 504 g/mol. The van der Waals surface area contributed by atoms with E-state index >= 15 is 0 Å². The van der Waals surface area contributed by atoms with Crippen molar-refractivity contribution >= 4 is 27.5 Å². The Hall–Kier alpha value is -3.27. The monoisotopic (exact) mass is 503 g/mol. The number of hydrogen-bond donors (Lipinski definition) is 1. The summed E-state index contributed by atoms with van der Waals surface area (Å²) in [7, 11) is -3.80. The largest absolute Gasteiger partial charge is 0.454 e. The van der Waals surface area contributed by atoms with Gasteiger partial charge in [0.25, 0.3) is 0 Å². The van der Waals surface area contributed by atoms with Crippen molar-refractivity contribution in [3.8, 4) is 11.5 Å². The Morgan fingerprint density at radius 3 is 2.37 bits per heavy atom. The zero-order valence-corrected chi connectivity index (χ0v) is 21.4. The van der Waals surface area contributed by atoms with Crippen LogP contribution in [0.2, 0.25) is 0 Å². The minimum Gasteiger partial charge on any atom is -0.454 e. The highest BCUT2D eigenvalue weighted by Gasteiger charge is 2.31. The van der Waals surface area contributed by atoms with Crippen LogP contribution >= 0.6 is 0 Å². The lowest BCUT2D eigenvalue weighted by Gasteiger charge is -2.32. The van der Waals surface area contributed by atoms with Crippen molar-refractivity contribution < 1.29 is 27.5 Å². The number of fused-ring (bicyclic) bond motifs is 1. The topological polar surface area (TPSA) is 105 Å². The number of hydrogen-bond acceptors (Lipinski definition) is 6. The van der Waals surface area contributed by atoms with Gasteiger partial charge in [-0.2, -0.15) is 0 Å². The van der Waals surface area contributed by atoms with Crippen molar-refractivity contribution in [1.82, 2.24) is 10.2 Å². The van der Waals surface area contributed by atoms with Crippen LogP contribution in [0.3, 0.4) is 0 Å². The molecule has 0 saturated carbocycles. The van der Waals surface area contributed by atoms with Crippen LogP contribution in [0.4, 0.5) is 5.69 Å². The molecule has 1 aliphatic rings. The summed E-state index contributed by atoms with van der Waals surface area (Å²) in [5, 5.41) is 2.84. The highest BCUT2D eigenvalue weighted by Crippen LogP contribution is 2.36. The number of rotatable bonds is 11. The van der Waals surface area contributed by atoms with Crippen molar-refractivity contribution in [3.63, 3.8) is 0 Å². The first-order valence-corrected chi connectivity index (χ1v) is 13.3. The Morgan fingerprint density at radius 2 is 1.71 bits per heavy atom. The van der Waals surface area contributed by atoms with Crippen molar-refractivity contribution in [2.24, 2.45) is 0 Å². The molecular weight excluding hydrogens is 470 g/mol. The number of benzene rings is 2. The van der Waals surface area contributed by atoms with Crippen molar-refractivity contribution in [1.29, 1.82) is 0 Å². The molecule has 2 aromatic rings. The van der Waals surface area contributed by atoms with Crippen molar-refractivity contribution in [2.45, 2.75) is 46.2 Å². The standard InChI is InChI=1S/C25H33N3O6S/c1-5-35(31,32)28(21-11-12-22-23(15-21)34-17-33-22)16-24(29)27(19(4)25(30)26-18(2)3)14-13-20-9-7-6-8-10-20/h6-12,15,18-19H,5,13-14,16-17H2,1-4H3,(H,26,30)/t19-/m0/s1. The number of ether oxygens (including phenoxy) is 2. The second-order valence-corrected chi connectivity index (χ2v) is 10.8. The van der Waals surface area contributed by atoms with Gasteiger partial charge in [-0.05, 0) is 51.8 Å². The molecule has 0 bridgehead atoms. The summed E-state index contributed by atoms with van der Waals surface area (Å²) >= 11 is 0. The summed E-state index contributed by atoms with van der Waals surface area (Å²) in [6.07, 6.45) is 0.524. The van der Waals surface area contributed by atoms with Gasteiger partial charge < -0.3 is 19.7 Å². The highest BCUT2D eigenvalue weighted by atomic mass is 32.2. The number of sulfonamides is 1. The van der Waals surface area contributed by atoms with E-state index in [1.807, 2.05) is 44.2 Å². The fourth-order valence-electron chi connectivity index (χ4n) is 3.74. The van der Waals surface area contributed by atoms with E-state index in [4.69, 9.17) is 9.47 Å². The number of carbonyl (C=O) groups is 2. The van der Waals surface area contributed by atoms with Crippen LogP contribution in [0.5, 0.6) is 11.5 Å². The number of nitrogens with one attached hydrogen (secondary N) is 1. The van der Waals surface area contributed by atoms with Gasteiger partial charge in [0.2, 0.25) is 28.6 Å². The van der Waals surface area contributed by atoms with Crippen LogP contribution in [0, 0.1) is 0 Å². The zero-order valence-electron chi connectivity index (χ0n) is 20.6. The summed E-state index contributed by atoms with van der Waals surface area (Å²) in [6.45, 7) is 6.73. The van der Waals surface area contributed by atoms with Crippen LogP contribution < -0.4 is 19.1 Å². The second-order valence-electron chi connectivity index (χ2n) is 8.61. The average Bonchev–Trinajstić information content (AvgIpc) is 3.30. The molecule has 0 unspecified atom stereocenters. The lowest BCUT2D eigenvalue weighted by molar-refractivity contribution is -0.139. The Bertz CT molecular complexity index is 1140. The molecule has 0 radical (unpaired) electrons. The van der Waals surface area contributed by atoms with E-state index in [-0.39, 0.29) is 31.0 Å². The summed E-state index contributed by atoms with van der Waals surface area (Å²) in [5.74, 6) is -0.0343. The fourth-order valence-corrected chi connectivity index (χ4v) is 4.79. The molecule has 9 nitrogen and oxygen atoms in total. The van der Waals surface area contributed by atoms with Crippen molar-refractivity contribution in [2.75, 3.05) is 29.9 Å². The number of anilines is 1. The van der Waals surface area contributed by atoms with E-state index < -0.39 is 28.5 Å². The lowest BCUT2D eigenvalue weighted by Crippen LogP contribution is -2.53. The van der Waals surface area contributed by atoms with Crippen LogP contribution in [0.1, 0.15) is 33.3 Å². The third-order valence-corrected chi connectivity index (χ3v) is 7.45. The van der Waals surface area contributed by atoms with Gasteiger partial charge in [-0.3, -0.25) is 13.9 Å². The zero-order chi connectivity index (χ0) is 25.6. The van der Waals surface area contributed by atoms with E-state index in [0.29, 0.717) is 23.6 Å². The maximum atomic E-state index is 13.6. The van der Waals surface area contributed by atoms with Crippen molar-refractivity contribution in [3.05, 3.63) is 54.1 Å². The maximum Gasteiger partial charge on any atom is 0.244 e. The predicted octanol–water partition coefficient (Wildman–Crippen LogP) is 2.56. The summed E-state index contributed by atoms with van der Waals surface area (Å²) in [4.78, 5) is 27.8. The molecular formula is C25H33N3O6S. The molecule has 0 aromatic heterocycles. The highest BCUT2D eigenvalue weighted by molar-refractivity contribution is 7.92. The van der Waals surface area contributed by atoms with Gasteiger partial charge >= 0.3 is 0 Å². The fraction of sp³-hybridized carbons (Fsp3) is 0.440. The van der Waals surface area contributed by atoms with Gasteiger partial charge in [-0.25, -0.2) is 8.42 Å². The van der Waals surface area contributed by atoms with E-state index in [1.165, 1.54) is 11.8 Å². The molecule has 2 aromatic carbocycles. The molecule has 0 aliphatic carbocycles. The lowest BCUT2D eigenvalue weighted by atomic mass is 10.1. The smallest absolute Gasteiger partial charge is 0.244 e. The molecule has 35 heavy (non-hydrogen) atoms. The Morgan fingerprint density at radius 1 is 1.03 bits per heavy atom. The Kier molecular flexibility index (Phi) is 8.61. The molecule has 0 spiro atoms. The number of carbonyl (C=O) groups excluding carboxylic acids is 2. The van der Waals surface area contributed by atoms with Crippen LogP contribution in [-0.2, 0) is 26.0 Å². The summed E-state index contributed by atoms with van der Waals surface area (Å²) in [5.41, 5.74) is 1.31. The molecule has 1 N–H and O–H groups in total. The molecule has 0 fully saturated rings. The Balaban J connectivity index is 1.88. The van der Waals surface area contributed by atoms with E-state index in [9.17, 15) is 18.0 Å². The van der Waals surface area contributed by atoms with Crippen LogP contribution in [0.15, 0.2) is 48.5 Å². The molecule has 190 valence electrons. The first kappa shape index (κ1) is 26.3. The summed E-state index contributed by atoms with van der Waals surface area (Å²) < 4.78 is 37.8. The predicted molar refractivity (Wildman–Crippen MR) is 134 cm³/mol. The first-order chi connectivity index (χ1) is 16.6. The molecule has 3 rings (SSSR count). The minimum absolute atomic E-state index is 0.0496. The minimum atomic E-state index is -3.80. The maximum absolute atomic E-state index is 13.6. The third-order valence-electron chi connectivity index (χ3n) is 5.71.